The number of rotatable bonds is 2. The van der Waals surface area contributed by atoms with Gasteiger partial charge in [0.05, 0.1) is 5.39 Å². The molecule has 0 fully saturated rings. The molecule has 116 valence electrons. The Labute approximate surface area is 141 Å². The second-order valence-electron chi connectivity index (χ2n) is 5.39. The molecule has 0 saturated heterocycles. The van der Waals surface area contributed by atoms with Crippen molar-refractivity contribution >= 4 is 38.5 Å². The van der Waals surface area contributed by atoms with E-state index in [9.17, 15) is 9.59 Å². The van der Waals surface area contributed by atoms with Crippen LogP contribution in [0.5, 0.6) is 0 Å². The van der Waals surface area contributed by atoms with Crippen LogP contribution in [0, 0.1) is 13.8 Å². The Morgan fingerprint density at radius 1 is 1.09 bits per heavy atom. The predicted octanol–water partition coefficient (Wildman–Crippen LogP) is 4.42. The van der Waals surface area contributed by atoms with Crippen LogP contribution in [-0.2, 0) is 0 Å². The lowest BCUT2D eigenvalue weighted by Crippen LogP contribution is -2.15. The molecule has 0 saturated carbocycles. The molecular formula is C18H14BrNO3. The van der Waals surface area contributed by atoms with E-state index in [4.69, 9.17) is 4.42 Å². The van der Waals surface area contributed by atoms with Gasteiger partial charge in [0.2, 0.25) is 0 Å². The van der Waals surface area contributed by atoms with Crippen molar-refractivity contribution in [3.05, 3.63) is 74.0 Å². The average Bonchev–Trinajstić information content (AvgIpc) is 2.50. The number of halogens is 1. The summed E-state index contributed by atoms with van der Waals surface area (Å²) in [5.74, 6) is -0.455. The topological polar surface area (TPSA) is 59.3 Å². The normalized spacial score (nSPS) is 10.7. The van der Waals surface area contributed by atoms with Crippen molar-refractivity contribution in [3.63, 3.8) is 0 Å². The molecule has 0 unspecified atom stereocenters. The van der Waals surface area contributed by atoms with Gasteiger partial charge in [0, 0.05) is 16.2 Å². The molecule has 0 bridgehead atoms. The molecule has 4 nitrogen and oxygen atoms in total. The molecule has 3 rings (SSSR count). The first-order chi connectivity index (χ1) is 10.9. The van der Waals surface area contributed by atoms with E-state index in [0.29, 0.717) is 16.7 Å². The van der Waals surface area contributed by atoms with Crippen LogP contribution < -0.4 is 10.7 Å². The molecule has 23 heavy (non-hydrogen) atoms. The van der Waals surface area contributed by atoms with Gasteiger partial charge in [0.1, 0.15) is 5.58 Å². The Morgan fingerprint density at radius 3 is 2.48 bits per heavy atom. The summed E-state index contributed by atoms with van der Waals surface area (Å²) in [6.07, 6.45) is 0. The Morgan fingerprint density at radius 2 is 1.78 bits per heavy atom. The number of amides is 1. The van der Waals surface area contributed by atoms with Gasteiger partial charge in [-0.2, -0.15) is 0 Å². The fraction of sp³-hybridized carbons (Fsp3) is 0.111. The van der Waals surface area contributed by atoms with Gasteiger partial charge in [0.15, 0.2) is 11.2 Å². The smallest absolute Gasteiger partial charge is 0.291 e. The van der Waals surface area contributed by atoms with E-state index in [1.807, 2.05) is 32.0 Å². The molecule has 2 aromatic carbocycles. The zero-order chi connectivity index (χ0) is 16.6. The van der Waals surface area contributed by atoms with Crippen LogP contribution in [-0.4, -0.2) is 5.91 Å². The van der Waals surface area contributed by atoms with Crippen LogP contribution in [0.25, 0.3) is 11.0 Å². The Balaban J connectivity index is 2.01. The minimum atomic E-state index is -0.453. The zero-order valence-corrected chi connectivity index (χ0v) is 14.2. The van der Waals surface area contributed by atoms with Crippen LogP contribution in [0.1, 0.15) is 21.7 Å². The van der Waals surface area contributed by atoms with Gasteiger partial charge >= 0.3 is 0 Å². The summed E-state index contributed by atoms with van der Waals surface area (Å²) in [5, 5.41) is 3.20. The van der Waals surface area contributed by atoms with E-state index in [0.717, 1.165) is 15.6 Å². The van der Waals surface area contributed by atoms with E-state index >= 15 is 0 Å². The summed E-state index contributed by atoms with van der Waals surface area (Å²) in [7, 11) is 0. The minimum Gasteiger partial charge on any atom is -0.450 e. The van der Waals surface area contributed by atoms with Gasteiger partial charge < -0.3 is 9.73 Å². The molecule has 0 spiro atoms. The minimum absolute atomic E-state index is 0.00243. The molecule has 0 aliphatic rings. The maximum Gasteiger partial charge on any atom is 0.291 e. The lowest BCUT2D eigenvalue weighted by atomic mass is 10.1. The third kappa shape index (κ3) is 3.19. The van der Waals surface area contributed by atoms with Crippen molar-refractivity contribution in [3.8, 4) is 0 Å². The van der Waals surface area contributed by atoms with E-state index < -0.39 is 5.91 Å². The molecule has 0 aliphatic heterocycles. The maximum absolute atomic E-state index is 12.3. The van der Waals surface area contributed by atoms with Crippen LogP contribution in [0.2, 0.25) is 0 Å². The third-order valence-electron chi connectivity index (χ3n) is 3.48. The maximum atomic E-state index is 12.3. The van der Waals surface area contributed by atoms with Crippen molar-refractivity contribution in [2.75, 3.05) is 5.32 Å². The standard InChI is InChI=1S/C18H14BrNO3/c1-10-7-11(2)17-14(8-10)15(21)9-16(23-17)18(22)20-13-5-3-12(19)4-6-13/h3-9H,1-2H3,(H,20,22). The zero-order valence-electron chi connectivity index (χ0n) is 12.6. The molecule has 0 radical (unpaired) electrons. The molecule has 1 N–H and O–H groups in total. The molecule has 0 atom stereocenters. The largest absolute Gasteiger partial charge is 0.450 e. The van der Waals surface area contributed by atoms with E-state index in [1.165, 1.54) is 6.07 Å². The van der Waals surface area contributed by atoms with Gasteiger partial charge in [-0.1, -0.05) is 22.0 Å². The first-order valence-electron chi connectivity index (χ1n) is 7.06. The van der Waals surface area contributed by atoms with Crippen molar-refractivity contribution < 1.29 is 9.21 Å². The highest BCUT2D eigenvalue weighted by Gasteiger charge is 2.14. The van der Waals surface area contributed by atoms with Crippen LogP contribution in [0.15, 0.2) is 56.1 Å². The molecule has 1 heterocycles. The van der Waals surface area contributed by atoms with Crippen molar-refractivity contribution in [1.29, 1.82) is 0 Å². The molecule has 5 heteroatoms. The van der Waals surface area contributed by atoms with Crippen molar-refractivity contribution in [2.24, 2.45) is 0 Å². The van der Waals surface area contributed by atoms with Crippen LogP contribution >= 0.6 is 15.9 Å². The fourth-order valence-corrected chi connectivity index (χ4v) is 2.71. The molecule has 0 aliphatic carbocycles. The number of hydrogen-bond acceptors (Lipinski definition) is 3. The van der Waals surface area contributed by atoms with Gasteiger partial charge in [-0.05, 0) is 55.3 Å². The summed E-state index contributed by atoms with van der Waals surface area (Å²) in [6.45, 7) is 3.77. The second-order valence-corrected chi connectivity index (χ2v) is 6.31. The molecule has 1 amide bonds. The first-order valence-corrected chi connectivity index (χ1v) is 7.85. The van der Waals surface area contributed by atoms with E-state index in [2.05, 4.69) is 21.2 Å². The molecular weight excluding hydrogens is 358 g/mol. The predicted molar refractivity (Wildman–Crippen MR) is 94.1 cm³/mol. The Hall–Kier alpha value is -2.40. The number of fused-ring (bicyclic) bond motifs is 1. The van der Waals surface area contributed by atoms with Crippen LogP contribution in [0.3, 0.4) is 0 Å². The molecule has 1 aromatic heterocycles. The quantitative estimate of drug-likeness (QED) is 0.724. The highest BCUT2D eigenvalue weighted by Crippen LogP contribution is 2.20. The lowest BCUT2D eigenvalue weighted by molar-refractivity contribution is 0.0997. The second kappa shape index (κ2) is 6.01. The summed E-state index contributed by atoms with van der Waals surface area (Å²) < 4.78 is 6.58. The summed E-state index contributed by atoms with van der Waals surface area (Å²) in [5.41, 5.74) is 2.66. The number of carbonyl (C=O) groups is 1. The number of nitrogens with one attached hydrogen (secondary N) is 1. The number of aryl methyl sites for hydroxylation is 2. The Kier molecular flexibility index (Phi) is 4.05. The average molecular weight is 372 g/mol. The van der Waals surface area contributed by atoms with Gasteiger partial charge in [-0.15, -0.1) is 0 Å². The van der Waals surface area contributed by atoms with E-state index in [-0.39, 0.29) is 11.2 Å². The molecule has 3 aromatic rings. The summed E-state index contributed by atoms with van der Waals surface area (Å²) in [4.78, 5) is 24.6. The summed E-state index contributed by atoms with van der Waals surface area (Å²) >= 11 is 3.33. The Bertz CT molecular complexity index is 958. The summed E-state index contributed by atoms with van der Waals surface area (Å²) in [6, 6.07) is 12.1. The third-order valence-corrected chi connectivity index (χ3v) is 4.01. The van der Waals surface area contributed by atoms with Gasteiger partial charge in [-0.25, -0.2) is 0 Å². The van der Waals surface area contributed by atoms with Gasteiger partial charge in [-0.3, -0.25) is 9.59 Å². The monoisotopic (exact) mass is 371 g/mol. The van der Waals surface area contributed by atoms with Crippen molar-refractivity contribution in [2.45, 2.75) is 13.8 Å². The highest BCUT2D eigenvalue weighted by molar-refractivity contribution is 9.10. The number of carbonyl (C=O) groups excluding carboxylic acids is 1. The lowest BCUT2D eigenvalue weighted by Gasteiger charge is -2.07. The SMILES string of the molecule is Cc1cc(C)c2oc(C(=O)Nc3ccc(Br)cc3)cc(=O)c2c1. The number of hydrogen-bond donors (Lipinski definition) is 1. The van der Waals surface area contributed by atoms with Gasteiger partial charge in [0.25, 0.3) is 5.91 Å². The highest BCUT2D eigenvalue weighted by atomic mass is 79.9. The van der Waals surface area contributed by atoms with Crippen LogP contribution in [0.4, 0.5) is 5.69 Å². The number of anilines is 1. The fourth-order valence-electron chi connectivity index (χ4n) is 2.45. The van der Waals surface area contributed by atoms with E-state index in [1.54, 1.807) is 18.2 Å². The number of benzene rings is 2. The first kappa shape index (κ1) is 15.5. The van der Waals surface area contributed by atoms with Crippen molar-refractivity contribution in [1.82, 2.24) is 0 Å².